The van der Waals surface area contributed by atoms with E-state index in [0.29, 0.717) is 17.0 Å². The molecule has 0 radical (unpaired) electrons. The summed E-state index contributed by atoms with van der Waals surface area (Å²) < 4.78 is 18.4. The number of hydrogen-bond acceptors (Lipinski definition) is 5. The molecule has 32 heavy (non-hydrogen) atoms. The Morgan fingerprint density at radius 3 is 2.31 bits per heavy atom. The molecule has 1 fully saturated rings. The lowest BCUT2D eigenvalue weighted by Crippen LogP contribution is -2.45. The Morgan fingerprint density at radius 2 is 1.75 bits per heavy atom. The second kappa shape index (κ2) is 9.04. The van der Waals surface area contributed by atoms with E-state index in [1.807, 2.05) is 0 Å². The number of imide groups is 1. The van der Waals surface area contributed by atoms with E-state index < -0.39 is 41.7 Å². The molecular formula is C22H23FN4O5. The zero-order valence-electron chi connectivity index (χ0n) is 17.6. The van der Waals surface area contributed by atoms with E-state index in [1.54, 1.807) is 31.2 Å². The van der Waals surface area contributed by atoms with Crippen LogP contribution in [0.25, 0.3) is 0 Å². The van der Waals surface area contributed by atoms with Crippen LogP contribution in [-0.4, -0.2) is 48.9 Å². The number of nitrogens with two attached hydrogens (primary N) is 1. The highest BCUT2D eigenvalue weighted by Gasteiger charge is 2.49. The molecule has 1 aliphatic rings. The van der Waals surface area contributed by atoms with Crippen LogP contribution in [0.5, 0.6) is 5.75 Å². The molecule has 1 saturated heterocycles. The smallest absolute Gasteiger partial charge is 0.325 e. The maximum absolute atomic E-state index is 13.3. The van der Waals surface area contributed by atoms with E-state index >= 15 is 0 Å². The lowest BCUT2D eigenvalue weighted by atomic mass is 9.92. The summed E-state index contributed by atoms with van der Waals surface area (Å²) in [5, 5.41) is 2.63. The zero-order chi connectivity index (χ0) is 23.5. The largest absolute Gasteiger partial charge is 0.497 e. The van der Waals surface area contributed by atoms with Crippen LogP contribution in [0.4, 0.5) is 14.9 Å². The molecule has 1 atom stereocenters. The fourth-order valence-corrected chi connectivity index (χ4v) is 3.42. The lowest BCUT2D eigenvalue weighted by Gasteiger charge is -2.25. The molecule has 0 saturated carbocycles. The molecule has 10 heteroatoms. The van der Waals surface area contributed by atoms with Gasteiger partial charge in [-0.25, -0.2) is 9.18 Å². The number of nitrogens with one attached hydrogen (secondary N) is 1. The molecular weight excluding hydrogens is 419 g/mol. The van der Waals surface area contributed by atoms with Crippen LogP contribution in [0.15, 0.2) is 48.5 Å². The van der Waals surface area contributed by atoms with Crippen LogP contribution in [0.3, 0.4) is 0 Å². The van der Waals surface area contributed by atoms with E-state index in [1.165, 1.54) is 24.1 Å². The minimum Gasteiger partial charge on any atom is -0.497 e. The van der Waals surface area contributed by atoms with Gasteiger partial charge in [-0.3, -0.25) is 19.3 Å². The van der Waals surface area contributed by atoms with E-state index in [4.69, 9.17) is 10.5 Å². The van der Waals surface area contributed by atoms with Crippen LogP contribution in [0, 0.1) is 5.82 Å². The van der Waals surface area contributed by atoms with Crippen molar-refractivity contribution in [3.63, 3.8) is 0 Å². The molecule has 168 valence electrons. The molecule has 5 amide bonds. The summed E-state index contributed by atoms with van der Waals surface area (Å²) in [6, 6.07) is 10.9. The zero-order valence-corrected chi connectivity index (χ0v) is 17.6. The van der Waals surface area contributed by atoms with Gasteiger partial charge in [0.1, 0.15) is 23.7 Å². The van der Waals surface area contributed by atoms with Crippen LogP contribution in [0.1, 0.15) is 18.9 Å². The first-order chi connectivity index (χ1) is 15.2. The van der Waals surface area contributed by atoms with Crippen molar-refractivity contribution in [1.29, 1.82) is 0 Å². The van der Waals surface area contributed by atoms with E-state index in [9.17, 15) is 23.6 Å². The van der Waals surface area contributed by atoms with E-state index in [2.05, 4.69) is 5.32 Å². The lowest BCUT2D eigenvalue weighted by molar-refractivity contribution is -0.134. The van der Waals surface area contributed by atoms with Crippen molar-refractivity contribution in [2.24, 2.45) is 5.73 Å². The van der Waals surface area contributed by atoms with Crippen molar-refractivity contribution in [2.75, 3.05) is 25.1 Å². The van der Waals surface area contributed by atoms with Crippen molar-refractivity contribution in [3.05, 3.63) is 59.9 Å². The topological polar surface area (TPSA) is 122 Å². The first kappa shape index (κ1) is 22.7. The molecule has 3 rings (SSSR count). The third kappa shape index (κ3) is 4.53. The fraction of sp³-hybridized carbons (Fsp3) is 0.273. The number of methoxy groups -OCH3 is 1. The number of rotatable bonds is 8. The van der Waals surface area contributed by atoms with Crippen LogP contribution in [0.2, 0.25) is 0 Å². The van der Waals surface area contributed by atoms with Gasteiger partial charge in [-0.1, -0.05) is 12.1 Å². The predicted molar refractivity (Wildman–Crippen MR) is 113 cm³/mol. The highest BCUT2D eigenvalue weighted by Crippen LogP contribution is 2.30. The number of carbonyl (C=O) groups is 4. The second-order valence-corrected chi connectivity index (χ2v) is 7.41. The van der Waals surface area contributed by atoms with E-state index in [-0.39, 0.29) is 13.0 Å². The van der Waals surface area contributed by atoms with Crippen molar-refractivity contribution < 1.29 is 28.3 Å². The SMILES string of the molecule is COc1ccc(C2(C)NC(=O)N(CC(=O)N(CCC(N)=O)c3ccc(F)cc3)C2=O)cc1. The minimum absolute atomic E-state index is 0.0841. The monoisotopic (exact) mass is 442 g/mol. The van der Waals surface area contributed by atoms with E-state index in [0.717, 1.165) is 17.0 Å². The minimum atomic E-state index is -1.36. The number of nitrogens with zero attached hydrogens (tertiary/aromatic N) is 2. The first-order valence-electron chi connectivity index (χ1n) is 9.78. The fourth-order valence-electron chi connectivity index (χ4n) is 3.42. The van der Waals surface area contributed by atoms with Gasteiger partial charge in [0.2, 0.25) is 11.8 Å². The Kier molecular flexibility index (Phi) is 6.42. The number of halogens is 1. The van der Waals surface area contributed by atoms with Gasteiger partial charge in [0, 0.05) is 18.7 Å². The van der Waals surface area contributed by atoms with Crippen molar-refractivity contribution in [1.82, 2.24) is 10.2 Å². The average Bonchev–Trinajstić information content (AvgIpc) is 2.98. The first-order valence-corrected chi connectivity index (χ1v) is 9.78. The molecule has 1 aliphatic heterocycles. The summed E-state index contributed by atoms with van der Waals surface area (Å²) in [6.45, 7) is 0.899. The number of urea groups is 1. The Labute approximate surface area is 183 Å². The third-order valence-electron chi connectivity index (χ3n) is 5.26. The number of carbonyl (C=O) groups excluding carboxylic acids is 4. The molecule has 0 aliphatic carbocycles. The summed E-state index contributed by atoms with van der Waals surface area (Å²) in [5.41, 5.74) is 4.67. The number of primary amides is 1. The molecule has 2 aromatic rings. The van der Waals surface area contributed by atoms with Crippen molar-refractivity contribution in [2.45, 2.75) is 18.9 Å². The highest BCUT2D eigenvalue weighted by atomic mass is 19.1. The normalized spacial score (nSPS) is 17.8. The van der Waals surface area contributed by atoms with Gasteiger partial charge >= 0.3 is 6.03 Å². The summed E-state index contributed by atoms with van der Waals surface area (Å²) in [5.74, 6) is -1.77. The number of benzene rings is 2. The number of ether oxygens (including phenoxy) is 1. The van der Waals surface area contributed by atoms with Crippen LogP contribution < -0.4 is 20.7 Å². The maximum Gasteiger partial charge on any atom is 0.325 e. The van der Waals surface area contributed by atoms with Crippen molar-refractivity contribution >= 4 is 29.4 Å². The molecule has 3 N–H and O–H groups in total. The van der Waals surface area contributed by atoms with Crippen molar-refractivity contribution in [3.8, 4) is 5.75 Å². The summed E-state index contributed by atoms with van der Waals surface area (Å²) >= 11 is 0. The third-order valence-corrected chi connectivity index (χ3v) is 5.26. The molecule has 1 heterocycles. The second-order valence-electron chi connectivity index (χ2n) is 7.41. The van der Waals surface area contributed by atoms with Gasteiger partial charge in [-0.15, -0.1) is 0 Å². The molecule has 9 nitrogen and oxygen atoms in total. The number of hydrogen-bond donors (Lipinski definition) is 2. The van der Waals surface area contributed by atoms with Gasteiger partial charge in [0.25, 0.3) is 5.91 Å². The van der Waals surface area contributed by atoms with Crippen LogP contribution in [-0.2, 0) is 19.9 Å². The Bertz CT molecular complexity index is 1040. The number of anilines is 1. The molecule has 2 aromatic carbocycles. The Hall–Kier alpha value is -3.95. The molecule has 0 spiro atoms. The molecule has 1 unspecified atom stereocenters. The van der Waals surface area contributed by atoms with Gasteiger partial charge in [0.05, 0.1) is 7.11 Å². The van der Waals surface area contributed by atoms with Gasteiger partial charge in [-0.05, 0) is 48.9 Å². The highest BCUT2D eigenvalue weighted by molar-refractivity contribution is 6.10. The van der Waals surface area contributed by atoms with Gasteiger partial charge < -0.3 is 20.7 Å². The predicted octanol–water partition coefficient (Wildman–Crippen LogP) is 1.51. The van der Waals surface area contributed by atoms with Gasteiger partial charge in [0.15, 0.2) is 0 Å². The number of amides is 5. The Balaban J connectivity index is 1.82. The summed E-state index contributed by atoms with van der Waals surface area (Å²) in [6.07, 6.45) is -0.146. The standard InChI is InChI=1S/C22H23FN4O5/c1-22(14-3-9-17(32-2)10-4-14)20(30)27(21(31)25-22)13-19(29)26(12-11-18(24)28)16-7-5-15(23)6-8-16/h3-10H,11-13H2,1-2H3,(H2,24,28)(H,25,31). The maximum atomic E-state index is 13.3. The molecule has 0 bridgehead atoms. The van der Waals surface area contributed by atoms with Crippen LogP contribution >= 0.6 is 0 Å². The Morgan fingerprint density at radius 1 is 1.12 bits per heavy atom. The molecule has 0 aromatic heterocycles. The summed E-state index contributed by atoms with van der Waals surface area (Å²) in [7, 11) is 1.51. The quantitative estimate of drug-likeness (QED) is 0.600. The average molecular weight is 442 g/mol. The summed E-state index contributed by atoms with van der Waals surface area (Å²) in [4.78, 5) is 51.9. The van der Waals surface area contributed by atoms with Gasteiger partial charge in [-0.2, -0.15) is 0 Å².